The number of hydrogen-bond donors (Lipinski definition) is 1. The van der Waals surface area contributed by atoms with Gasteiger partial charge < -0.3 is 9.73 Å². The lowest BCUT2D eigenvalue weighted by Crippen LogP contribution is -2.24. The van der Waals surface area contributed by atoms with Crippen LogP contribution in [0, 0.1) is 0 Å². The van der Waals surface area contributed by atoms with E-state index in [9.17, 15) is 4.79 Å². The first-order valence-corrected chi connectivity index (χ1v) is 10.3. The second-order valence-corrected chi connectivity index (χ2v) is 7.47. The van der Waals surface area contributed by atoms with Crippen molar-refractivity contribution in [2.45, 2.75) is 11.7 Å². The molecule has 0 aliphatic rings. The second-order valence-electron chi connectivity index (χ2n) is 6.12. The molecule has 2 aromatic carbocycles. The zero-order valence-electron chi connectivity index (χ0n) is 15.3. The number of nitrogens with one attached hydrogen (secondary N) is 1. The summed E-state index contributed by atoms with van der Waals surface area (Å²) in [5.41, 5.74) is 1.77. The molecule has 0 fully saturated rings. The van der Waals surface area contributed by atoms with Crippen LogP contribution in [0.4, 0.5) is 0 Å². The van der Waals surface area contributed by atoms with Crippen LogP contribution < -0.4 is 5.32 Å². The molecule has 0 saturated heterocycles. The topological polar surface area (TPSA) is 73.0 Å². The monoisotopic (exact) mass is 424 g/mol. The highest BCUT2D eigenvalue weighted by Gasteiger charge is 2.20. The van der Waals surface area contributed by atoms with Crippen molar-refractivity contribution in [2.75, 3.05) is 5.75 Å². The Balaban J connectivity index is 1.53. The average molecular weight is 425 g/mol. The van der Waals surface area contributed by atoms with Gasteiger partial charge in [0.05, 0.1) is 22.7 Å². The number of thioether (sulfide) groups is 1. The van der Waals surface area contributed by atoms with E-state index in [2.05, 4.69) is 15.5 Å². The van der Waals surface area contributed by atoms with E-state index in [-0.39, 0.29) is 11.7 Å². The summed E-state index contributed by atoms with van der Waals surface area (Å²) in [6, 6.07) is 20.8. The van der Waals surface area contributed by atoms with Crippen LogP contribution in [0.5, 0.6) is 0 Å². The van der Waals surface area contributed by atoms with Crippen molar-refractivity contribution < 1.29 is 9.21 Å². The van der Waals surface area contributed by atoms with Crippen molar-refractivity contribution in [3.8, 4) is 17.3 Å². The molecule has 0 bridgehead atoms. The fourth-order valence-electron chi connectivity index (χ4n) is 2.76. The van der Waals surface area contributed by atoms with E-state index in [1.54, 1.807) is 29.0 Å². The Morgan fingerprint density at radius 2 is 1.83 bits per heavy atom. The fraction of sp³-hybridized carbons (Fsp3) is 0.0952. The Morgan fingerprint density at radius 3 is 2.59 bits per heavy atom. The molecule has 0 unspecified atom stereocenters. The zero-order chi connectivity index (χ0) is 20.1. The molecule has 0 radical (unpaired) electrons. The summed E-state index contributed by atoms with van der Waals surface area (Å²) in [6.07, 6.45) is 1.57. The van der Waals surface area contributed by atoms with Crippen molar-refractivity contribution in [3.05, 3.63) is 83.6 Å². The van der Waals surface area contributed by atoms with Gasteiger partial charge in [0.1, 0.15) is 0 Å². The van der Waals surface area contributed by atoms with Crippen LogP contribution >= 0.6 is 23.4 Å². The van der Waals surface area contributed by atoms with Gasteiger partial charge in [-0.3, -0.25) is 9.36 Å². The number of hydrogen-bond acceptors (Lipinski definition) is 5. The minimum atomic E-state index is -0.0906. The highest BCUT2D eigenvalue weighted by Crippen LogP contribution is 2.31. The lowest BCUT2D eigenvalue weighted by molar-refractivity contribution is -0.118. The highest BCUT2D eigenvalue weighted by atomic mass is 35.5. The van der Waals surface area contributed by atoms with Gasteiger partial charge in [-0.15, -0.1) is 10.2 Å². The molecule has 0 saturated carbocycles. The Hall–Kier alpha value is -3.03. The number of aromatic nitrogens is 3. The number of carbonyl (C=O) groups excluding carboxylic acids is 1. The number of halogens is 1. The minimum absolute atomic E-state index is 0.0906. The Kier molecular flexibility index (Phi) is 5.97. The molecule has 0 aliphatic heterocycles. The van der Waals surface area contributed by atoms with E-state index in [1.165, 1.54) is 11.8 Å². The third kappa shape index (κ3) is 4.52. The van der Waals surface area contributed by atoms with Crippen LogP contribution in [0.25, 0.3) is 17.3 Å². The fourth-order valence-corrected chi connectivity index (χ4v) is 3.75. The maximum absolute atomic E-state index is 12.3. The third-order valence-corrected chi connectivity index (χ3v) is 5.38. The van der Waals surface area contributed by atoms with Gasteiger partial charge in [-0.25, -0.2) is 0 Å². The third-order valence-electron chi connectivity index (χ3n) is 4.13. The molecular formula is C21H17ClN4O2S. The molecule has 2 aromatic heterocycles. The summed E-state index contributed by atoms with van der Waals surface area (Å²) < 4.78 is 7.29. The van der Waals surface area contributed by atoms with Gasteiger partial charge in [-0.1, -0.05) is 65.8 Å². The summed E-state index contributed by atoms with van der Waals surface area (Å²) in [5.74, 6) is 1.20. The Labute approximate surface area is 176 Å². The van der Waals surface area contributed by atoms with Gasteiger partial charge in [0, 0.05) is 6.54 Å². The molecule has 1 N–H and O–H groups in total. The smallest absolute Gasteiger partial charge is 0.230 e. The van der Waals surface area contributed by atoms with E-state index in [0.717, 1.165) is 11.3 Å². The first-order chi connectivity index (χ1) is 14.2. The molecular weight excluding hydrogens is 408 g/mol. The quantitative estimate of drug-likeness (QED) is 0.439. The van der Waals surface area contributed by atoms with Crippen LogP contribution in [-0.4, -0.2) is 26.4 Å². The van der Waals surface area contributed by atoms with Crippen molar-refractivity contribution >= 4 is 29.3 Å². The predicted octanol–water partition coefficient (Wildman–Crippen LogP) is 4.59. The normalized spacial score (nSPS) is 10.8. The lowest BCUT2D eigenvalue weighted by atomic mass is 10.2. The van der Waals surface area contributed by atoms with Crippen LogP contribution in [0.15, 0.2) is 82.6 Å². The van der Waals surface area contributed by atoms with Crippen LogP contribution in [0.1, 0.15) is 5.56 Å². The molecule has 1 amide bonds. The van der Waals surface area contributed by atoms with Crippen molar-refractivity contribution in [1.82, 2.24) is 20.1 Å². The van der Waals surface area contributed by atoms with E-state index >= 15 is 0 Å². The molecule has 0 aliphatic carbocycles. The summed E-state index contributed by atoms with van der Waals surface area (Å²) in [6.45, 7) is 0.481. The van der Waals surface area contributed by atoms with Crippen LogP contribution in [-0.2, 0) is 11.3 Å². The molecule has 0 spiro atoms. The van der Waals surface area contributed by atoms with E-state index in [0.29, 0.717) is 28.3 Å². The first kappa shape index (κ1) is 19.3. The average Bonchev–Trinajstić information content (AvgIpc) is 3.41. The molecule has 29 heavy (non-hydrogen) atoms. The number of rotatable bonds is 7. The largest absolute Gasteiger partial charge is 0.461 e. The number of amides is 1. The van der Waals surface area contributed by atoms with Crippen LogP contribution in [0.2, 0.25) is 5.02 Å². The number of furan rings is 1. The number of benzene rings is 2. The summed E-state index contributed by atoms with van der Waals surface area (Å²) >= 11 is 7.69. The van der Waals surface area contributed by atoms with Gasteiger partial charge in [0.25, 0.3) is 0 Å². The number of para-hydroxylation sites is 1. The van der Waals surface area contributed by atoms with Crippen molar-refractivity contribution in [2.24, 2.45) is 0 Å². The molecule has 0 atom stereocenters. The molecule has 2 heterocycles. The van der Waals surface area contributed by atoms with E-state index in [4.69, 9.17) is 16.0 Å². The van der Waals surface area contributed by atoms with Gasteiger partial charge in [0.2, 0.25) is 11.7 Å². The van der Waals surface area contributed by atoms with E-state index < -0.39 is 0 Å². The van der Waals surface area contributed by atoms with E-state index in [1.807, 2.05) is 48.5 Å². The minimum Gasteiger partial charge on any atom is -0.461 e. The van der Waals surface area contributed by atoms with Crippen molar-refractivity contribution in [3.63, 3.8) is 0 Å². The van der Waals surface area contributed by atoms with Crippen LogP contribution in [0.3, 0.4) is 0 Å². The van der Waals surface area contributed by atoms with Gasteiger partial charge in [0.15, 0.2) is 10.9 Å². The summed E-state index contributed by atoms with van der Waals surface area (Å²) in [5, 5.41) is 12.5. The summed E-state index contributed by atoms with van der Waals surface area (Å²) in [4.78, 5) is 12.3. The highest BCUT2D eigenvalue weighted by molar-refractivity contribution is 7.99. The summed E-state index contributed by atoms with van der Waals surface area (Å²) in [7, 11) is 0. The maximum atomic E-state index is 12.3. The van der Waals surface area contributed by atoms with Gasteiger partial charge >= 0.3 is 0 Å². The Morgan fingerprint density at radius 1 is 1.03 bits per heavy atom. The second kappa shape index (κ2) is 8.98. The number of nitrogens with zero attached hydrogens (tertiary/aromatic N) is 3. The SMILES string of the molecule is O=C(CSc1nnc(-c2ccco2)n1-c1ccccc1Cl)NCc1ccccc1. The zero-order valence-corrected chi connectivity index (χ0v) is 16.9. The molecule has 6 nitrogen and oxygen atoms in total. The Bertz CT molecular complexity index is 1100. The lowest BCUT2D eigenvalue weighted by Gasteiger charge is -2.11. The molecule has 146 valence electrons. The first-order valence-electron chi connectivity index (χ1n) is 8.90. The number of carbonyl (C=O) groups is 1. The molecule has 8 heteroatoms. The molecule has 4 aromatic rings. The maximum Gasteiger partial charge on any atom is 0.230 e. The van der Waals surface area contributed by atoms with Gasteiger partial charge in [-0.2, -0.15) is 0 Å². The van der Waals surface area contributed by atoms with Crippen molar-refractivity contribution in [1.29, 1.82) is 0 Å². The molecule has 4 rings (SSSR count). The standard InChI is InChI=1S/C21H17ClN4O2S/c22-16-9-4-5-10-17(16)26-20(18-11-6-12-28-18)24-25-21(26)29-14-19(27)23-13-15-7-2-1-3-8-15/h1-12H,13-14H2,(H,23,27). The predicted molar refractivity (Wildman–Crippen MR) is 113 cm³/mol. The van der Waals surface area contributed by atoms with Gasteiger partial charge in [-0.05, 0) is 29.8 Å².